The average Bonchev–Trinajstić information content (AvgIpc) is 2.83. The van der Waals surface area contributed by atoms with Gasteiger partial charge in [-0.25, -0.2) is 4.52 Å². The van der Waals surface area contributed by atoms with E-state index < -0.39 is 0 Å². The molecule has 0 aliphatic carbocycles. The summed E-state index contributed by atoms with van der Waals surface area (Å²) in [5.41, 5.74) is 0.565. The fourth-order valence-electron chi connectivity index (χ4n) is 2.06. The second kappa shape index (κ2) is 4.31. The minimum Gasteiger partial charge on any atom is -0.374 e. The van der Waals surface area contributed by atoms with Gasteiger partial charge in [-0.1, -0.05) is 0 Å². The van der Waals surface area contributed by atoms with Gasteiger partial charge in [-0.15, -0.1) is 0 Å². The molecule has 0 amide bonds. The van der Waals surface area contributed by atoms with Crippen LogP contribution >= 0.6 is 0 Å². The van der Waals surface area contributed by atoms with Crippen molar-refractivity contribution < 1.29 is 4.74 Å². The van der Waals surface area contributed by atoms with E-state index in [1.54, 1.807) is 33.7 Å². The molecule has 1 aliphatic rings. The number of rotatable bonds is 2. The third kappa shape index (κ3) is 1.96. The minimum atomic E-state index is -0.0285. The first-order valence-corrected chi connectivity index (χ1v) is 5.70. The Morgan fingerprint density at radius 2 is 2.47 bits per heavy atom. The molecule has 2 aromatic heterocycles. The van der Waals surface area contributed by atoms with Gasteiger partial charge in [0.25, 0.3) is 5.56 Å². The van der Waals surface area contributed by atoms with Crippen molar-refractivity contribution in [3.63, 3.8) is 0 Å². The Kier molecular flexibility index (Phi) is 2.66. The van der Waals surface area contributed by atoms with Crippen molar-refractivity contribution in [3.05, 3.63) is 35.0 Å². The van der Waals surface area contributed by atoms with Gasteiger partial charge < -0.3 is 14.6 Å². The zero-order valence-corrected chi connectivity index (χ0v) is 9.37. The van der Waals surface area contributed by atoms with E-state index in [0.29, 0.717) is 18.7 Å². The van der Waals surface area contributed by atoms with Crippen LogP contribution in [-0.4, -0.2) is 40.0 Å². The molecule has 3 rings (SSSR count). The lowest BCUT2D eigenvalue weighted by Crippen LogP contribution is -2.42. The van der Waals surface area contributed by atoms with Crippen molar-refractivity contribution in [1.29, 1.82) is 0 Å². The van der Waals surface area contributed by atoms with Crippen LogP contribution in [0.5, 0.6) is 0 Å². The monoisotopic (exact) mass is 234 g/mol. The molecule has 3 heterocycles. The molecule has 0 spiro atoms. The number of morpholine rings is 1. The molecule has 0 aromatic carbocycles. The number of nitrogens with one attached hydrogen (secondary N) is 1. The topological polar surface area (TPSA) is 60.6 Å². The summed E-state index contributed by atoms with van der Waals surface area (Å²) in [5, 5.41) is 7.28. The number of fused-ring (bicyclic) bond motifs is 1. The first-order chi connectivity index (χ1) is 8.34. The Morgan fingerprint density at radius 1 is 1.53 bits per heavy atom. The van der Waals surface area contributed by atoms with Crippen molar-refractivity contribution in [1.82, 2.24) is 19.5 Å². The Hall–Kier alpha value is -1.66. The largest absolute Gasteiger partial charge is 0.374 e. The summed E-state index contributed by atoms with van der Waals surface area (Å²) < 4.78 is 8.84. The van der Waals surface area contributed by atoms with Crippen LogP contribution in [0, 0.1) is 0 Å². The Labute approximate surface area is 97.8 Å². The normalized spacial score (nSPS) is 20.8. The third-order valence-corrected chi connectivity index (χ3v) is 2.94. The molecule has 1 atom stereocenters. The summed E-state index contributed by atoms with van der Waals surface area (Å²) in [7, 11) is 0. The van der Waals surface area contributed by atoms with Crippen molar-refractivity contribution in [2.24, 2.45) is 0 Å². The van der Waals surface area contributed by atoms with E-state index in [9.17, 15) is 4.79 Å². The number of ether oxygens (including phenoxy) is 1. The SMILES string of the molecule is O=c1c2ccnn2ccn1CC1CNCCO1. The Morgan fingerprint density at radius 3 is 3.29 bits per heavy atom. The van der Waals surface area contributed by atoms with Crippen LogP contribution in [0.3, 0.4) is 0 Å². The third-order valence-electron chi connectivity index (χ3n) is 2.94. The standard InChI is InChI=1S/C11H14N4O2/c16-11-10-1-2-13-15(10)5-4-14(11)8-9-7-12-3-6-17-9/h1-2,4-5,9,12H,3,6-8H2. The van der Waals surface area contributed by atoms with Crippen LogP contribution in [0.4, 0.5) is 0 Å². The van der Waals surface area contributed by atoms with Gasteiger partial charge in [-0.2, -0.15) is 5.10 Å². The molecule has 1 aliphatic heterocycles. The fourth-order valence-corrected chi connectivity index (χ4v) is 2.06. The molecule has 0 bridgehead atoms. The van der Waals surface area contributed by atoms with Gasteiger partial charge >= 0.3 is 0 Å². The number of nitrogens with zero attached hydrogens (tertiary/aromatic N) is 3. The average molecular weight is 234 g/mol. The molecule has 6 nitrogen and oxygen atoms in total. The Bertz CT molecular complexity index is 568. The summed E-state index contributed by atoms with van der Waals surface area (Å²) in [6.07, 6.45) is 5.22. The molecule has 6 heteroatoms. The van der Waals surface area contributed by atoms with Crippen LogP contribution in [0.15, 0.2) is 29.5 Å². The van der Waals surface area contributed by atoms with E-state index in [4.69, 9.17) is 4.74 Å². The van der Waals surface area contributed by atoms with E-state index in [0.717, 1.165) is 13.1 Å². The summed E-state index contributed by atoms with van der Waals surface area (Å²) >= 11 is 0. The number of hydrogen-bond donors (Lipinski definition) is 1. The van der Waals surface area contributed by atoms with Gasteiger partial charge in [0.2, 0.25) is 0 Å². The predicted molar refractivity (Wildman–Crippen MR) is 62.1 cm³/mol. The highest BCUT2D eigenvalue weighted by molar-refractivity contribution is 5.42. The van der Waals surface area contributed by atoms with Gasteiger partial charge in [0.1, 0.15) is 5.52 Å². The maximum absolute atomic E-state index is 12.1. The molecule has 90 valence electrons. The molecule has 1 saturated heterocycles. The summed E-state index contributed by atoms with van der Waals surface area (Å²) in [5.74, 6) is 0. The molecular weight excluding hydrogens is 220 g/mol. The van der Waals surface area contributed by atoms with Gasteiger partial charge in [-0.3, -0.25) is 4.79 Å². The van der Waals surface area contributed by atoms with Crippen molar-refractivity contribution in [3.8, 4) is 0 Å². The van der Waals surface area contributed by atoms with Crippen LogP contribution in [0.1, 0.15) is 0 Å². The molecule has 1 unspecified atom stereocenters. The smallest absolute Gasteiger partial charge is 0.276 e. The number of aromatic nitrogens is 3. The van der Waals surface area contributed by atoms with E-state index in [2.05, 4.69) is 10.4 Å². The molecule has 1 fully saturated rings. The van der Waals surface area contributed by atoms with Crippen LogP contribution in [0.25, 0.3) is 5.52 Å². The lowest BCUT2D eigenvalue weighted by atomic mass is 10.3. The lowest BCUT2D eigenvalue weighted by molar-refractivity contribution is 0.0176. The van der Waals surface area contributed by atoms with Crippen molar-refractivity contribution >= 4 is 5.52 Å². The van der Waals surface area contributed by atoms with Crippen LogP contribution in [-0.2, 0) is 11.3 Å². The zero-order valence-electron chi connectivity index (χ0n) is 9.37. The first kappa shape index (κ1) is 10.5. The van der Waals surface area contributed by atoms with E-state index in [1.807, 2.05) is 0 Å². The van der Waals surface area contributed by atoms with Crippen LogP contribution < -0.4 is 10.9 Å². The van der Waals surface area contributed by atoms with E-state index in [-0.39, 0.29) is 11.7 Å². The Balaban J connectivity index is 1.89. The fraction of sp³-hybridized carbons (Fsp3) is 0.455. The molecule has 2 aromatic rings. The summed E-state index contributed by atoms with van der Waals surface area (Å²) in [4.78, 5) is 12.1. The van der Waals surface area contributed by atoms with Gasteiger partial charge in [0.05, 0.1) is 25.5 Å². The molecule has 1 N–H and O–H groups in total. The van der Waals surface area contributed by atoms with Crippen molar-refractivity contribution in [2.75, 3.05) is 19.7 Å². The molecular formula is C11H14N4O2. The van der Waals surface area contributed by atoms with Gasteiger partial charge in [0, 0.05) is 25.5 Å². The quantitative estimate of drug-likeness (QED) is 0.760. The summed E-state index contributed by atoms with van der Waals surface area (Å²) in [6.45, 7) is 2.95. The molecule has 17 heavy (non-hydrogen) atoms. The van der Waals surface area contributed by atoms with Crippen LogP contribution in [0.2, 0.25) is 0 Å². The second-order valence-electron chi connectivity index (χ2n) is 4.11. The maximum atomic E-state index is 12.1. The molecule has 0 saturated carbocycles. The predicted octanol–water partition coefficient (Wildman–Crippen LogP) is -0.516. The van der Waals surface area contributed by atoms with Gasteiger partial charge in [0.15, 0.2) is 0 Å². The highest BCUT2D eigenvalue weighted by Gasteiger charge is 2.15. The minimum absolute atomic E-state index is 0.0285. The maximum Gasteiger partial charge on any atom is 0.276 e. The lowest BCUT2D eigenvalue weighted by Gasteiger charge is -2.24. The highest BCUT2D eigenvalue weighted by atomic mass is 16.5. The second-order valence-corrected chi connectivity index (χ2v) is 4.11. The summed E-state index contributed by atoms with van der Waals surface area (Å²) in [6, 6.07) is 1.72. The van der Waals surface area contributed by atoms with E-state index in [1.165, 1.54) is 0 Å². The first-order valence-electron chi connectivity index (χ1n) is 5.70. The van der Waals surface area contributed by atoms with Gasteiger partial charge in [-0.05, 0) is 6.07 Å². The number of hydrogen-bond acceptors (Lipinski definition) is 4. The molecule has 0 radical (unpaired) electrons. The zero-order chi connectivity index (χ0) is 11.7. The van der Waals surface area contributed by atoms with Crippen molar-refractivity contribution in [2.45, 2.75) is 12.6 Å². The van der Waals surface area contributed by atoms with E-state index >= 15 is 0 Å². The highest BCUT2D eigenvalue weighted by Crippen LogP contribution is 2.00.